The molecule has 0 bridgehead atoms. The Morgan fingerprint density at radius 1 is 0.456 bits per heavy atom. The maximum absolute atomic E-state index is 9.63. The number of hydrogen-bond acceptors (Lipinski definition) is 1. The molecule has 2 aliphatic rings. The Bertz CT molecular complexity index is 3930. The number of para-hydroxylation sites is 2. The van der Waals surface area contributed by atoms with E-state index in [-0.39, 0.29) is 51.3 Å². The van der Waals surface area contributed by atoms with Crippen LogP contribution < -0.4 is 30.2 Å². The number of nitrogens with zero attached hydrogens (tertiary/aromatic N) is 2. The van der Waals surface area contributed by atoms with Gasteiger partial charge in [0, 0.05) is 0 Å². The third-order valence-electron chi connectivity index (χ3n) is 13.9. The first-order valence-electron chi connectivity index (χ1n) is 25.4. The fraction of sp³-hybridized carbons (Fsp3) is 0.0625. The zero-order valence-electron chi connectivity index (χ0n) is 42.0. The van der Waals surface area contributed by atoms with Gasteiger partial charge >= 0.3 is 413 Å². The molecular formula is C64H47BN2Se. The van der Waals surface area contributed by atoms with Crippen LogP contribution in [0.15, 0.2) is 230 Å². The Morgan fingerprint density at radius 2 is 1.04 bits per heavy atom. The summed E-state index contributed by atoms with van der Waals surface area (Å²) >= 11 is -0.153. The summed E-state index contributed by atoms with van der Waals surface area (Å²) in [6.07, 6.45) is 0. The van der Waals surface area contributed by atoms with Crippen LogP contribution in [0.3, 0.4) is 0 Å². The maximum atomic E-state index is 9.63. The quantitative estimate of drug-likeness (QED) is 0.151. The molecule has 11 aromatic rings. The topological polar surface area (TPSA) is 8.17 Å². The van der Waals surface area contributed by atoms with Crippen molar-refractivity contribution in [1.29, 1.82) is 0 Å². The van der Waals surface area contributed by atoms with E-state index in [2.05, 4.69) is 236 Å². The van der Waals surface area contributed by atoms with Gasteiger partial charge < -0.3 is 0 Å². The number of aromatic nitrogens is 1. The van der Waals surface area contributed by atoms with Gasteiger partial charge in [-0.05, 0) is 0 Å². The first kappa shape index (κ1) is 36.5. The van der Waals surface area contributed by atoms with Crippen LogP contribution in [0, 0.1) is 0 Å². The monoisotopic (exact) mass is 938 g/mol. The van der Waals surface area contributed by atoms with E-state index in [0.29, 0.717) is 10.9 Å². The molecule has 0 atom stereocenters. The average Bonchev–Trinajstić information content (AvgIpc) is 3.77. The van der Waals surface area contributed by atoms with Gasteiger partial charge in [-0.2, -0.15) is 0 Å². The predicted octanol–water partition coefficient (Wildman–Crippen LogP) is 13.0. The van der Waals surface area contributed by atoms with Crippen molar-refractivity contribution in [2.75, 3.05) is 4.90 Å². The van der Waals surface area contributed by atoms with Crippen LogP contribution in [0.1, 0.15) is 31.8 Å². The van der Waals surface area contributed by atoms with Gasteiger partial charge in [-0.3, -0.25) is 0 Å². The van der Waals surface area contributed by atoms with E-state index in [9.17, 15) is 2.74 Å². The summed E-state index contributed by atoms with van der Waals surface area (Å²) in [6.45, 7) is 6.43. The van der Waals surface area contributed by atoms with Gasteiger partial charge in [-0.25, -0.2) is 0 Å². The van der Waals surface area contributed by atoms with Crippen molar-refractivity contribution in [1.82, 2.24) is 4.57 Å². The fourth-order valence-corrected chi connectivity index (χ4v) is 13.1. The van der Waals surface area contributed by atoms with E-state index in [1.54, 1.807) is 0 Å². The average molecular weight is 938 g/mol. The van der Waals surface area contributed by atoms with Gasteiger partial charge in [-0.15, -0.1) is 0 Å². The molecule has 10 aromatic carbocycles. The van der Waals surface area contributed by atoms with Gasteiger partial charge in [0.25, 0.3) is 0 Å². The zero-order valence-corrected chi connectivity index (χ0v) is 39.7. The summed E-state index contributed by atoms with van der Waals surface area (Å²) < 4.78 is 41.8. The molecule has 2 nitrogen and oxygen atoms in total. The molecule has 3 heterocycles. The van der Waals surface area contributed by atoms with Crippen molar-refractivity contribution in [3.63, 3.8) is 0 Å². The van der Waals surface area contributed by atoms with Crippen molar-refractivity contribution in [3.8, 4) is 50.2 Å². The molecule has 13 rings (SSSR count). The summed E-state index contributed by atoms with van der Waals surface area (Å²) in [6, 6.07) is 74.1. The van der Waals surface area contributed by atoms with Crippen LogP contribution in [-0.4, -0.2) is 26.2 Å². The summed E-state index contributed by atoms with van der Waals surface area (Å²) in [7, 11) is 0. The van der Waals surface area contributed by atoms with Crippen molar-refractivity contribution < 1.29 is 5.48 Å². The summed E-state index contributed by atoms with van der Waals surface area (Å²) in [4.78, 5) is 2.52. The Labute approximate surface area is 411 Å². The summed E-state index contributed by atoms with van der Waals surface area (Å²) in [5.74, 6) is 0. The molecule has 68 heavy (non-hydrogen) atoms. The normalized spacial score (nSPS) is 13.6. The Kier molecular flexibility index (Phi) is 8.60. The molecule has 0 saturated carbocycles. The molecule has 322 valence electrons. The first-order chi connectivity index (χ1) is 35.0. The number of hydrogen-bond donors (Lipinski definition) is 0. The molecule has 0 fully saturated rings. The summed E-state index contributed by atoms with van der Waals surface area (Å²) in [5, 5.41) is 1.35. The second kappa shape index (κ2) is 16.0. The van der Waals surface area contributed by atoms with E-state index in [0.717, 1.165) is 72.6 Å². The van der Waals surface area contributed by atoms with Gasteiger partial charge in [-0.1, -0.05) is 0 Å². The van der Waals surface area contributed by atoms with Crippen LogP contribution in [0.2, 0.25) is 0 Å². The van der Waals surface area contributed by atoms with Crippen molar-refractivity contribution in [2.24, 2.45) is 0 Å². The Morgan fingerprint density at radius 3 is 1.68 bits per heavy atom. The molecule has 0 saturated heterocycles. The number of anilines is 3. The Balaban J connectivity index is 1.19. The van der Waals surface area contributed by atoms with Crippen molar-refractivity contribution in [2.45, 2.75) is 26.2 Å². The molecule has 2 aliphatic heterocycles. The molecule has 4 heteroatoms. The molecule has 0 spiro atoms. The van der Waals surface area contributed by atoms with E-state index >= 15 is 0 Å². The van der Waals surface area contributed by atoms with E-state index in [4.69, 9.17) is 2.74 Å². The SMILES string of the molecule is [2H]c1c([2H])c([2H])c2c(c1[2H])c1cc(C(C)(C)C)ccc1n2-c1cc2c3c(c1)N(c1c(-c4ccccc4)cccc1-c1ccccc1)c1ccc(-c4ccccc4)cc1B3c1cc(-c3ccccc3)ccc1[Se]2. The molecule has 0 radical (unpaired) electrons. The van der Waals surface area contributed by atoms with E-state index in [1.165, 1.54) is 36.4 Å². The van der Waals surface area contributed by atoms with Gasteiger partial charge in [0.15, 0.2) is 0 Å². The Hall–Kier alpha value is -7.62. The number of fused-ring (bicyclic) bond motifs is 7. The first-order valence-corrected chi connectivity index (χ1v) is 25.1. The molecule has 1 aromatic heterocycles. The minimum atomic E-state index is -0.242. The molecule has 0 aliphatic carbocycles. The van der Waals surface area contributed by atoms with Crippen molar-refractivity contribution in [3.05, 3.63) is 236 Å². The molecule has 0 unspecified atom stereocenters. The zero-order chi connectivity index (χ0) is 49.0. The summed E-state index contributed by atoms with van der Waals surface area (Å²) in [5.41, 5.74) is 19.2. The predicted molar refractivity (Wildman–Crippen MR) is 292 cm³/mol. The minimum absolute atomic E-state index is 0.0263. The number of rotatable bonds is 6. The standard InChI is InChI=1S/C64H47BN2Se/c1-64(2,3)48-33-35-57-53(39-48)52-27-16-17-30-56(52)66(57)49-40-59-62-61(41-49)68-60-36-32-47(43-21-10-5-11-22-43)38-55(60)65(62)54-37-46(42-19-8-4-9-20-42)31-34-58(54)67(59)63-50(44-23-12-6-13-24-44)28-18-29-51(63)45-25-14-7-15-26-45/h4-41H,1-3H3/i16D,17D,27D,30D. The van der Waals surface area contributed by atoms with Gasteiger partial charge in [0.2, 0.25) is 0 Å². The second-order valence-corrected chi connectivity index (χ2v) is 21.3. The molecular weight excluding hydrogens is 886 g/mol. The van der Waals surface area contributed by atoms with Crippen LogP contribution in [-0.2, 0) is 5.41 Å². The number of benzene rings is 10. The van der Waals surface area contributed by atoms with Crippen LogP contribution in [0.5, 0.6) is 0 Å². The van der Waals surface area contributed by atoms with E-state index < -0.39 is 0 Å². The van der Waals surface area contributed by atoms with Crippen LogP contribution >= 0.6 is 0 Å². The van der Waals surface area contributed by atoms with Crippen molar-refractivity contribution >= 4 is 85.8 Å². The van der Waals surface area contributed by atoms with Crippen LogP contribution in [0.25, 0.3) is 72.0 Å². The third-order valence-corrected chi connectivity index (χ3v) is 16.3. The third kappa shape index (κ3) is 6.62. The second-order valence-electron chi connectivity index (χ2n) is 19.0. The van der Waals surface area contributed by atoms with E-state index in [1.807, 2.05) is 0 Å². The molecule has 0 amide bonds. The fourth-order valence-electron chi connectivity index (χ4n) is 10.7. The van der Waals surface area contributed by atoms with Gasteiger partial charge in [0.1, 0.15) is 0 Å². The molecule has 0 N–H and O–H groups in total. The van der Waals surface area contributed by atoms with Crippen LogP contribution in [0.4, 0.5) is 17.1 Å². The van der Waals surface area contributed by atoms with Gasteiger partial charge in [0.05, 0.1) is 0 Å².